The van der Waals surface area contributed by atoms with Gasteiger partial charge in [-0.15, -0.1) is 0 Å². The van der Waals surface area contributed by atoms with Gasteiger partial charge in [-0.25, -0.2) is 14.1 Å². The normalized spacial score (nSPS) is 21.1. The van der Waals surface area contributed by atoms with Gasteiger partial charge in [0.05, 0.1) is 6.67 Å². The molecule has 5 nitrogen and oxygen atoms in total. The van der Waals surface area contributed by atoms with E-state index in [1.54, 1.807) is 31.0 Å². The Morgan fingerprint density at radius 2 is 1.97 bits per heavy atom. The first-order valence-electron chi connectivity index (χ1n) is 9.67. The van der Waals surface area contributed by atoms with E-state index in [0.717, 1.165) is 24.8 Å². The number of benzene rings is 2. The maximum atomic E-state index is 14.1. The number of hydrogen-bond acceptors (Lipinski definition) is 3. The molecular formula is C22H23ClFN3O2. The zero-order chi connectivity index (χ0) is 20.8. The number of aryl methyl sites for hydroxylation is 2. The van der Waals surface area contributed by atoms with Gasteiger partial charge in [-0.05, 0) is 62.1 Å². The van der Waals surface area contributed by atoms with E-state index in [1.807, 2.05) is 12.1 Å². The van der Waals surface area contributed by atoms with Crippen LogP contribution in [-0.4, -0.2) is 35.5 Å². The zero-order valence-electron chi connectivity index (χ0n) is 16.5. The molecule has 7 heteroatoms. The highest BCUT2D eigenvalue weighted by Crippen LogP contribution is 2.32. The molecular weight excluding hydrogens is 393 g/mol. The van der Waals surface area contributed by atoms with E-state index in [0.29, 0.717) is 10.6 Å². The Morgan fingerprint density at radius 1 is 1.21 bits per heavy atom. The molecule has 1 atom stereocenters. The molecule has 4 rings (SSSR count). The summed E-state index contributed by atoms with van der Waals surface area (Å²) in [6.45, 7) is 1.95. The van der Waals surface area contributed by atoms with E-state index in [-0.39, 0.29) is 19.1 Å². The lowest BCUT2D eigenvalue weighted by Gasteiger charge is -2.25. The van der Waals surface area contributed by atoms with Crippen LogP contribution in [0, 0.1) is 5.82 Å². The molecule has 1 saturated heterocycles. The van der Waals surface area contributed by atoms with Crippen molar-refractivity contribution in [1.29, 1.82) is 0 Å². The van der Waals surface area contributed by atoms with Gasteiger partial charge in [0.1, 0.15) is 11.4 Å². The largest absolute Gasteiger partial charge is 0.326 e. The second kappa shape index (κ2) is 7.43. The summed E-state index contributed by atoms with van der Waals surface area (Å²) in [4.78, 5) is 28.6. The Balaban J connectivity index is 1.52. The molecule has 2 aliphatic rings. The lowest BCUT2D eigenvalue weighted by molar-refractivity contribution is -0.132. The van der Waals surface area contributed by atoms with E-state index in [2.05, 4.69) is 11.4 Å². The average Bonchev–Trinajstić information content (AvgIpc) is 3.23. The molecule has 3 amide bonds. The fourth-order valence-electron chi connectivity index (χ4n) is 4.15. The molecule has 1 N–H and O–H groups in total. The number of fused-ring (bicyclic) bond motifs is 1. The van der Waals surface area contributed by atoms with Gasteiger partial charge in [-0.3, -0.25) is 9.69 Å². The van der Waals surface area contributed by atoms with Crippen LogP contribution >= 0.6 is 11.6 Å². The van der Waals surface area contributed by atoms with Crippen molar-refractivity contribution in [3.63, 3.8) is 0 Å². The van der Waals surface area contributed by atoms with Gasteiger partial charge >= 0.3 is 6.03 Å². The second-order valence-electron chi connectivity index (χ2n) is 7.98. The minimum absolute atomic E-state index is 0.0376. The predicted molar refractivity (Wildman–Crippen MR) is 109 cm³/mol. The van der Waals surface area contributed by atoms with Gasteiger partial charge in [0.25, 0.3) is 5.91 Å². The highest BCUT2D eigenvalue weighted by molar-refractivity contribution is 6.31. The van der Waals surface area contributed by atoms with E-state index in [4.69, 9.17) is 11.6 Å². The standard InChI is InChI=1S/C22H23ClFN3O2/c1-22(16-10-9-14-5-3-6-15(14)11-16)20(28)27(21(29)25-22)13-26(2)12-17-18(23)7-4-8-19(17)24/h4,7-11H,3,5-6,12-13H2,1-2H3,(H,25,29)/t22-/m0/s1. The molecule has 1 aliphatic heterocycles. The number of urea groups is 1. The van der Waals surface area contributed by atoms with Crippen molar-refractivity contribution in [2.24, 2.45) is 0 Å². The SMILES string of the molecule is CN(Cc1c(F)cccc1Cl)CN1C(=O)N[C@@](C)(c2ccc3c(c2)CCC3)C1=O. The third-order valence-electron chi connectivity index (χ3n) is 5.82. The first kappa shape index (κ1) is 19.9. The number of rotatable bonds is 5. The smallest absolute Gasteiger partial charge is 0.319 e. The number of nitrogens with zero attached hydrogens (tertiary/aromatic N) is 2. The van der Waals surface area contributed by atoms with Gasteiger partial charge < -0.3 is 5.32 Å². The van der Waals surface area contributed by atoms with Crippen LogP contribution in [0.1, 0.15) is 35.6 Å². The summed E-state index contributed by atoms with van der Waals surface area (Å²) < 4.78 is 14.1. The zero-order valence-corrected chi connectivity index (χ0v) is 17.2. The fraction of sp³-hybridized carbons (Fsp3) is 0.364. The van der Waals surface area contributed by atoms with Gasteiger partial charge in [0.15, 0.2) is 0 Å². The molecule has 0 aromatic heterocycles. The van der Waals surface area contributed by atoms with Crippen molar-refractivity contribution in [2.45, 2.75) is 38.3 Å². The minimum atomic E-state index is -1.11. The van der Waals surface area contributed by atoms with E-state index in [1.165, 1.54) is 22.1 Å². The summed E-state index contributed by atoms with van der Waals surface area (Å²) in [5, 5.41) is 3.16. The van der Waals surface area contributed by atoms with E-state index >= 15 is 0 Å². The Morgan fingerprint density at radius 3 is 2.72 bits per heavy atom. The molecule has 0 bridgehead atoms. The highest BCUT2D eigenvalue weighted by Gasteiger charge is 2.49. The van der Waals surface area contributed by atoms with Crippen LogP contribution in [0.4, 0.5) is 9.18 Å². The molecule has 0 spiro atoms. The van der Waals surface area contributed by atoms with Gasteiger partial charge in [-0.1, -0.05) is 35.9 Å². The number of hydrogen-bond donors (Lipinski definition) is 1. The van der Waals surface area contributed by atoms with Crippen molar-refractivity contribution in [3.8, 4) is 0 Å². The quantitative estimate of drug-likeness (QED) is 0.755. The van der Waals surface area contributed by atoms with Crippen LogP contribution < -0.4 is 5.32 Å². The molecule has 1 heterocycles. The number of nitrogens with one attached hydrogen (secondary N) is 1. The lowest BCUT2D eigenvalue weighted by atomic mass is 9.90. The number of amides is 3. The maximum Gasteiger partial charge on any atom is 0.326 e. The Labute approximate surface area is 174 Å². The third-order valence-corrected chi connectivity index (χ3v) is 6.18. The lowest BCUT2D eigenvalue weighted by Crippen LogP contribution is -2.43. The molecule has 0 unspecified atom stereocenters. The predicted octanol–water partition coefficient (Wildman–Crippen LogP) is 3.82. The van der Waals surface area contributed by atoms with Crippen molar-refractivity contribution in [1.82, 2.24) is 15.1 Å². The summed E-state index contributed by atoms with van der Waals surface area (Å²) in [6.07, 6.45) is 3.17. The van der Waals surface area contributed by atoms with Crippen molar-refractivity contribution < 1.29 is 14.0 Å². The van der Waals surface area contributed by atoms with Crippen LogP contribution in [0.3, 0.4) is 0 Å². The molecule has 1 aliphatic carbocycles. The van der Waals surface area contributed by atoms with E-state index < -0.39 is 17.4 Å². The van der Waals surface area contributed by atoms with Crippen LogP contribution in [0.2, 0.25) is 5.02 Å². The van der Waals surface area contributed by atoms with Gasteiger partial charge in [0, 0.05) is 17.1 Å². The number of imide groups is 1. The number of halogens is 2. The number of carbonyl (C=O) groups excluding carboxylic acids is 2. The molecule has 0 saturated carbocycles. The summed E-state index contributed by atoms with van der Waals surface area (Å²) in [7, 11) is 1.72. The maximum absolute atomic E-state index is 14.1. The second-order valence-corrected chi connectivity index (χ2v) is 8.39. The third kappa shape index (κ3) is 3.51. The Kier molecular flexibility index (Phi) is 5.09. The first-order chi connectivity index (χ1) is 13.8. The average molecular weight is 416 g/mol. The number of carbonyl (C=O) groups is 2. The van der Waals surface area contributed by atoms with Crippen LogP contribution in [-0.2, 0) is 29.7 Å². The molecule has 2 aromatic rings. The molecule has 2 aromatic carbocycles. The van der Waals surface area contributed by atoms with Crippen LogP contribution in [0.25, 0.3) is 0 Å². The molecule has 152 valence electrons. The van der Waals surface area contributed by atoms with Crippen LogP contribution in [0.15, 0.2) is 36.4 Å². The highest BCUT2D eigenvalue weighted by atomic mass is 35.5. The van der Waals surface area contributed by atoms with Crippen molar-refractivity contribution in [3.05, 3.63) is 69.5 Å². The first-order valence-corrected chi connectivity index (χ1v) is 10.0. The van der Waals surface area contributed by atoms with Crippen molar-refractivity contribution in [2.75, 3.05) is 13.7 Å². The Hall–Kier alpha value is -2.44. The van der Waals surface area contributed by atoms with E-state index in [9.17, 15) is 14.0 Å². The minimum Gasteiger partial charge on any atom is -0.319 e. The Bertz CT molecular complexity index is 976. The fourth-order valence-corrected chi connectivity index (χ4v) is 4.37. The molecule has 29 heavy (non-hydrogen) atoms. The summed E-state index contributed by atoms with van der Waals surface area (Å²) in [5.41, 5.74) is 2.58. The topological polar surface area (TPSA) is 52.6 Å². The van der Waals surface area contributed by atoms with Gasteiger partial charge in [0.2, 0.25) is 0 Å². The summed E-state index contributed by atoms with van der Waals surface area (Å²) in [6, 6.07) is 10.1. The summed E-state index contributed by atoms with van der Waals surface area (Å²) in [5.74, 6) is -0.726. The molecule has 0 radical (unpaired) electrons. The summed E-state index contributed by atoms with van der Waals surface area (Å²) >= 11 is 6.09. The van der Waals surface area contributed by atoms with Crippen LogP contribution in [0.5, 0.6) is 0 Å². The molecule has 1 fully saturated rings. The van der Waals surface area contributed by atoms with Crippen molar-refractivity contribution >= 4 is 23.5 Å². The monoisotopic (exact) mass is 415 g/mol. The van der Waals surface area contributed by atoms with Gasteiger partial charge in [-0.2, -0.15) is 0 Å².